The van der Waals surface area contributed by atoms with E-state index in [9.17, 15) is 5.11 Å². The van der Waals surface area contributed by atoms with Crippen LogP contribution in [0.1, 0.15) is 55.0 Å². The van der Waals surface area contributed by atoms with Gasteiger partial charge in [-0.15, -0.1) is 0 Å². The molecule has 4 rings (SSSR count). The van der Waals surface area contributed by atoms with E-state index in [0.717, 1.165) is 17.4 Å². The number of nitrogens with zero attached hydrogens (tertiary/aromatic N) is 3. The lowest BCUT2D eigenvalue weighted by atomic mass is 10.2. The number of hydrogen-bond acceptors (Lipinski definition) is 6. The third-order valence-electron chi connectivity index (χ3n) is 4.73. The van der Waals surface area contributed by atoms with E-state index in [2.05, 4.69) is 28.0 Å². The fourth-order valence-electron chi connectivity index (χ4n) is 3.36. The number of likely N-dealkylation sites (tertiary alicyclic amines) is 1. The Labute approximate surface area is 129 Å². The SMILES string of the molecule is Cc1noc([C@H]2C[C@@H](O)CN2Cc2ccc([C@H]3C[C@H]3C)o2)n1. The molecular weight excluding hydrogens is 282 g/mol. The maximum atomic E-state index is 9.99. The van der Waals surface area contributed by atoms with Crippen molar-refractivity contribution in [3.8, 4) is 0 Å². The van der Waals surface area contributed by atoms with E-state index in [4.69, 9.17) is 8.94 Å². The Morgan fingerprint density at radius 3 is 2.86 bits per heavy atom. The highest BCUT2D eigenvalue weighted by Gasteiger charge is 2.38. The topological polar surface area (TPSA) is 75.5 Å². The lowest BCUT2D eigenvalue weighted by Gasteiger charge is -2.19. The summed E-state index contributed by atoms with van der Waals surface area (Å²) in [6.07, 6.45) is 1.48. The molecule has 4 atom stereocenters. The van der Waals surface area contributed by atoms with Crippen molar-refractivity contribution in [2.24, 2.45) is 5.92 Å². The smallest absolute Gasteiger partial charge is 0.244 e. The number of aryl methyl sites for hydroxylation is 1. The van der Waals surface area contributed by atoms with E-state index in [1.165, 1.54) is 6.42 Å². The van der Waals surface area contributed by atoms with E-state index in [-0.39, 0.29) is 12.1 Å². The second-order valence-corrected chi connectivity index (χ2v) is 6.64. The molecule has 2 aromatic heterocycles. The van der Waals surface area contributed by atoms with Crippen LogP contribution < -0.4 is 0 Å². The van der Waals surface area contributed by atoms with Crippen molar-refractivity contribution in [1.82, 2.24) is 15.0 Å². The molecule has 2 aromatic rings. The summed E-state index contributed by atoms with van der Waals surface area (Å²) in [5.41, 5.74) is 0. The van der Waals surface area contributed by atoms with Crippen LogP contribution in [0, 0.1) is 12.8 Å². The van der Waals surface area contributed by atoms with Gasteiger partial charge in [0.2, 0.25) is 5.89 Å². The molecule has 0 amide bonds. The summed E-state index contributed by atoms with van der Waals surface area (Å²) in [6.45, 7) is 5.31. The first-order valence-electron chi connectivity index (χ1n) is 7.91. The molecule has 1 saturated carbocycles. The van der Waals surface area contributed by atoms with E-state index >= 15 is 0 Å². The predicted octanol–water partition coefficient (Wildman–Crippen LogP) is 2.40. The second kappa shape index (κ2) is 5.21. The minimum atomic E-state index is -0.366. The monoisotopic (exact) mass is 303 g/mol. The van der Waals surface area contributed by atoms with Crippen molar-refractivity contribution in [2.75, 3.05) is 6.54 Å². The van der Waals surface area contributed by atoms with Gasteiger partial charge in [0.25, 0.3) is 0 Å². The largest absolute Gasteiger partial charge is 0.464 e. The second-order valence-electron chi connectivity index (χ2n) is 6.64. The lowest BCUT2D eigenvalue weighted by Crippen LogP contribution is -2.24. The summed E-state index contributed by atoms with van der Waals surface area (Å²) in [7, 11) is 0. The number of hydrogen-bond donors (Lipinski definition) is 1. The van der Waals surface area contributed by atoms with Crippen molar-refractivity contribution < 1.29 is 14.0 Å². The molecule has 1 saturated heterocycles. The fraction of sp³-hybridized carbons (Fsp3) is 0.625. The number of aliphatic hydroxyl groups is 1. The third kappa shape index (κ3) is 2.57. The Morgan fingerprint density at radius 2 is 2.18 bits per heavy atom. The van der Waals surface area contributed by atoms with Gasteiger partial charge < -0.3 is 14.0 Å². The molecule has 1 aliphatic carbocycles. The molecule has 0 aromatic carbocycles. The first kappa shape index (κ1) is 14.0. The maximum Gasteiger partial charge on any atom is 0.244 e. The van der Waals surface area contributed by atoms with Gasteiger partial charge in [-0.25, -0.2) is 0 Å². The minimum absolute atomic E-state index is 0.0374. The van der Waals surface area contributed by atoms with Crippen LogP contribution in [0.25, 0.3) is 0 Å². The van der Waals surface area contributed by atoms with E-state index in [1.54, 1.807) is 6.92 Å². The Hall–Kier alpha value is -1.66. The Bertz CT molecular complexity index is 665. The van der Waals surface area contributed by atoms with Gasteiger partial charge >= 0.3 is 0 Å². The Balaban J connectivity index is 1.49. The molecule has 0 bridgehead atoms. The molecule has 2 fully saturated rings. The number of rotatable bonds is 4. The number of aromatic nitrogens is 2. The van der Waals surface area contributed by atoms with Gasteiger partial charge in [-0.3, -0.25) is 4.90 Å². The zero-order valence-corrected chi connectivity index (χ0v) is 12.9. The van der Waals surface area contributed by atoms with Crippen LogP contribution in [0.15, 0.2) is 21.1 Å². The minimum Gasteiger partial charge on any atom is -0.464 e. The molecule has 118 valence electrons. The fourth-order valence-corrected chi connectivity index (χ4v) is 3.36. The van der Waals surface area contributed by atoms with Crippen molar-refractivity contribution >= 4 is 0 Å². The molecular formula is C16H21N3O3. The van der Waals surface area contributed by atoms with E-state index in [0.29, 0.717) is 37.1 Å². The average molecular weight is 303 g/mol. The van der Waals surface area contributed by atoms with Crippen LogP contribution in [0.3, 0.4) is 0 Å². The van der Waals surface area contributed by atoms with Gasteiger partial charge in [0, 0.05) is 12.5 Å². The number of aliphatic hydroxyl groups excluding tert-OH is 1. The molecule has 6 heteroatoms. The molecule has 1 N–H and O–H groups in total. The highest BCUT2D eigenvalue weighted by molar-refractivity contribution is 5.18. The molecule has 2 aliphatic rings. The van der Waals surface area contributed by atoms with Gasteiger partial charge in [0.15, 0.2) is 5.82 Å². The Morgan fingerprint density at radius 1 is 1.36 bits per heavy atom. The molecule has 22 heavy (non-hydrogen) atoms. The van der Waals surface area contributed by atoms with Gasteiger partial charge in [0.05, 0.1) is 18.7 Å². The van der Waals surface area contributed by atoms with Gasteiger partial charge in [-0.1, -0.05) is 12.1 Å². The first-order chi connectivity index (χ1) is 10.6. The molecule has 1 aliphatic heterocycles. The standard InChI is InChI=1S/C16H21N3O3/c1-9-5-13(9)15-4-3-12(21-15)8-19-7-11(20)6-14(19)16-17-10(2)18-22-16/h3-4,9,11,13-14,20H,5-8H2,1-2H3/t9-,11-,13+,14-/m1/s1. The van der Waals surface area contributed by atoms with Crippen LogP contribution in [0.2, 0.25) is 0 Å². The number of β-amino-alcohol motifs (C(OH)–C–C–N with tert-alkyl or cyclic N) is 1. The normalized spacial score (nSPS) is 31.8. The van der Waals surface area contributed by atoms with Crippen LogP contribution in [0.4, 0.5) is 0 Å². The van der Waals surface area contributed by atoms with Crippen LogP contribution >= 0.6 is 0 Å². The number of furan rings is 1. The van der Waals surface area contributed by atoms with Gasteiger partial charge in [-0.2, -0.15) is 4.98 Å². The molecule has 0 unspecified atom stereocenters. The zero-order chi connectivity index (χ0) is 15.3. The highest BCUT2D eigenvalue weighted by Crippen LogP contribution is 2.47. The summed E-state index contributed by atoms with van der Waals surface area (Å²) >= 11 is 0. The first-order valence-corrected chi connectivity index (χ1v) is 7.91. The van der Waals surface area contributed by atoms with Crippen LogP contribution in [-0.2, 0) is 6.54 Å². The summed E-state index contributed by atoms with van der Waals surface area (Å²) in [5, 5.41) is 13.8. The summed E-state index contributed by atoms with van der Waals surface area (Å²) in [4.78, 5) is 6.46. The maximum absolute atomic E-state index is 9.99. The van der Waals surface area contributed by atoms with Crippen molar-refractivity contribution in [1.29, 1.82) is 0 Å². The molecule has 0 spiro atoms. The third-order valence-corrected chi connectivity index (χ3v) is 4.73. The molecule has 0 radical (unpaired) electrons. The van der Waals surface area contributed by atoms with E-state index in [1.807, 2.05) is 6.07 Å². The molecule has 6 nitrogen and oxygen atoms in total. The highest BCUT2D eigenvalue weighted by atomic mass is 16.5. The van der Waals surface area contributed by atoms with Crippen molar-refractivity contribution in [3.05, 3.63) is 35.4 Å². The summed E-state index contributed by atoms with van der Waals surface area (Å²) < 4.78 is 11.3. The zero-order valence-electron chi connectivity index (χ0n) is 12.9. The van der Waals surface area contributed by atoms with Gasteiger partial charge in [-0.05, 0) is 37.8 Å². The average Bonchev–Trinajstić information content (AvgIpc) is 2.89. The quantitative estimate of drug-likeness (QED) is 0.934. The lowest BCUT2D eigenvalue weighted by molar-refractivity contribution is 0.162. The van der Waals surface area contributed by atoms with Crippen LogP contribution in [-0.4, -0.2) is 32.8 Å². The van der Waals surface area contributed by atoms with Crippen LogP contribution in [0.5, 0.6) is 0 Å². The van der Waals surface area contributed by atoms with Crippen molar-refractivity contribution in [2.45, 2.75) is 51.3 Å². The Kier molecular flexibility index (Phi) is 3.31. The molecule has 3 heterocycles. The van der Waals surface area contributed by atoms with Gasteiger partial charge in [0.1, 0.15) is 11.5 Å². The van der Waals surface area contributed by atoms with E-state index < -0.39 is 0 Å². The predicted molar refractivity (Wildman–Crippen MR) is 78.0 cm³/mol. The van der Waals surface area contributed by atoms with Crippen molar-refractivity contribution in [3.63, 3.8) is 0 Å². The summed E-state index contributed by atoms with van der Waals surface area (Å²) in [5.74, 6) is 4.56. The summed E-state index contributed by atoms with van der Waals surface area (Å²) in [6, 6.07) is 4.09.